The third-order valence-corrected chi connectivity index (χ3v) is 8.35. The van der Waals surface area contributed by atoms with Crippen LogP contribution in [0.4, 0.5) is 0 Å². The van der Waals surface area contributed by atoms with Crippen LogP contribution in [0.15, 0.2) is 11.6 Å². The van der Waals surface area contributed by atoms with Gasteiger partial charge >= 0.3 is 0 Å². The number of allylic oxidation sites excluding steroid dienone is 1. The summed E-state index contributed by atoms with van der Waals surface area (Å²) in [5, 5.41) is 11.0. The molecule has 0 amide bonds. The van der Waals surface area contributed by atoms with Gasteiger partial charge in [0.2, 0.25) is 0 Å². The number of fused-ring (bicyclic) bond motifs is 7. The highest BCUT2D eigenvalue weighted by Crippen LogP contribution is 2.71. The molecule has 0 heterocycles. The number of carbonyl (C=O) groups excluding carboxylic acids is 2. The zero-order valence-electron chi connectivity index (χ0n) is 14.0. The largest absolute Gasteiger partial charge is 0.393 e. The average molecular weight is 314 g/mol. The first-order valence-electron chi connectivity index (χ1n) is 9.32. The number of aliphatic hydroxyl groups excluding tert-OH is 1. The van der Waals surface area contributed by atoms with Crippen LogP contribution in [-0.2, 0) is 9.59 Å². The number of aliphatic hydroxyl groups is 1. The molecule has 0 aromatic carbocycles. The summed E-state index contributed by atoms with van der Waals surface area (Å²) in [6.45, 7) is 4.40. The van der Waals surface area contributed by atoms with Gasteiger partial charge in [0, 0.05) is 17.8 Å². The molecule has 23 heavy (non-hydrogen) atoms. The monoisotopic (exact) mass is 314 g/mol. The van der Waals surface area contributed by atoms with Crippen LogP contribution >= 0.6 is 0 Å². The number of Topliss-reactive ketones (excluding diaryl/α,β-unsaturated/α-hetero) is 1. The molecule has 1 N–H and O–H groups in total. The molecule has 4 fully saturated rings. The minimum atomic E-state index is -0.399. The van der Waals surface area contributed by atoms with Crippen LogP contribution in [0, 0.1) is 40.4 Å². The van der Waals surface area contributed by atoms with Crippen LogP contribution in [0.2, 0.25) is 0 Å². The first-order valence-corrected chi connectivity index (χ1v) is 9.32. The maximum Gasteiger partial charge on any atom is 0.155 e. The minimum absolute atomic E-state index is 0.0341. The topological polar surface area (TPSA) is 54.4 Å². The second-order valence-corrected chi connectivity index (χ2v) is 9.37. The van der Waals surface area contributed by atoms with E-state index in [4.69, 9.17) is 0 Å². The van der Waals surface area contributed by atoms with Crippen LogP contribution in [-0.4, -0.2) is 22.8 Å². The van der Waals surface area contributed by atoms with Gasteiger partial charge < -0.3 is 5.11 Å². The van der Waals surface area contributed by atoms with Crippen molar-refractivity contribution in [1.82, 2.24) is 0 Å². The van der Waals surface area contributed by atoms with E-state index in [1.165, 1.54) is 5.57 Å². The van der Waals surface area contributed by atoms with Crippen molar-refractivity contribution in [3.8, 4) is 0 Å². The van der Waals surface area contributed by atoms with E-state index in [-0.39, 0.29) is 22.5 Å². The van der Waals surface area contributed by atoms with E-state index < -0.39 is 6.10 Å². The van der Waals surface area contributed by atoms with Crippen molar-refractivity contribution in [3.05, 3.63) is 11.6 Å². The molecule has 8 atom stereocenters. The van der Waals surface area contributed by atoms with Gasteiger partial charge in [-0.1, -0.05) is 19.4 Å². The predicted octanol–water partition coefficient (Wildman–Crippen LogP) is 2.91. The van der Waals surface area contributed by atoms with E-state index in [2.05, 4.69) is 13.8 Å². The van der Waals surface area contributed by atoms with E-state index in [1.54, 1.807) is 0 Å². The fraction of sp³-hybridized carbons (Fsp3) is 0.800. The first-order chi connectivity index (χ1) is 10.9. The van der Waals surface area contributed by atoms with E-state index in [0.29, 0.717) is 42.3 Å². The molecule has 0 bridgehead atoms. The summed E-state index contributed by atoms with van der Waals surface area (Å²) in [7, 11) is 0. The Labute approximate surface area is 137 Å². The van der Waals surface area contributed by atoms with Crippen LogP contribution < -0.4 is 0 Å². The van der Waals surface area contributed by atoms with Crippen molar-refractivity contribution >= 4 is 11.6 Å². The van der Waals surface area contributed by atoms with Crippen molar-refractivity contribution in [3.63, 3.8) is 0 Å². The Hall–Kier alpha value is -0.960. The lowest BCUT2D eigenvalue weighted by molar-refractivity contribution is -0.152. The summed E-state index contributed by atoms with van der Waals surface area (Å²) in [6, 6.07) is 0. The summed E-state index contributed by atoms with van der Waals surface area (Å²) in [6.07, 6.45) is 6.73. The minimum Gasteiger partial charge on any atom is -0.393 e. The molecule has 3 unspecified atom stereocenters. The standard InChI is InChI=1S/C20H26O3/c1-19-6-5-11(21)7-10(19)3-4-12-16-13-8-14(13)18(23)20(16,2)9-15(22)17(12)19/h7,12-17,22H,3-6,8-9H2,1-2H3/t12?,13-,14+,15-,16?,17?,19+,20+/m1/s1. The maximum absolute atomic E-state index is 12.8. The number of hydrogen-bond donors (Lipinski definition) is 1. The summed E-state index contributed by atoms with van der Waals surface area (Å²) < 4.78 is 0. The molecule has 0 radical (unpaired) electrons. The van der Waals surface area contributed by atoms with Crippen LogP contribution in [0.1, 0.15) is 52.4 Å². The Kier molecular flexibility index (Phi) is 2.61. The van der Waals surface area contributed by atoms with Crippen molar-refractivity contribution in [2.75, 3.05) is 0 Å². The quantitative estimate of drug-likeness (QED) is 0.748. The van der Waals surface area contributed by atoms with Crippen LogP contribution in [0.3, 0.4) is 0 Å². The van der Waals surface area contributed by atoms with Gasteiger partial charge in [-0.3, -0.25) is 9.59 Å². The Morgan fingerprint density at radius 1 is 1.09 bits per heavy atom. The second kappa shape index (κ2) is 4.17. The molecule has 0 spiro atoms. The molecule has 5 aliphatic rings. The molecular formula is C20H26O3. The number of hydrogen-bond acceptors (Lipinski definition) is 3. The molecule has 0 aromatic rings. The molecule has 3 nitrogen and oxygen atoms in total. The van der Waals surface area contributed by atoms with Crippen LogP contribution in [0.25, 0.3) is 0 Å². The maximum atomic E-state index is 12.8. The predicted molar refractivity (Wildman–Crippen MR) is 85.5 cm³/mol. The Morgan fingerprint density at radius 3 is 2.65 bits per heavy atom. The number of ketones is 2. The van der Waals surface area contributed by atoms with E-state index in [0.717, 1.165) is 25.7 Å². The molecule has 124 valence electrons. The third kappa shape index (κ3) is 1.60. The van der Waals surface area contributed by atoms with Gasteiger partial charge in [0.05, 0.1) is 6.10 Å². The van der Waals surface area contributed by atoms with Gasteiger partial charge in [-0.05, 0) is 67.3 Å². The SMILES string of the molecule is C[C@]12CCC(=O)C=C1CCC1C2[C@H](O)C[C@]2(C)C(=O)[C@H]3C[C@H]3C12. The number of rotatable bonds is 0. The first kappa shape index (κ1) is 14.4. The van der Waals surface area contributed by atoms with Gasteiger partial charge in [-0.25, -0.2) is 0 Å². The normalized spacial score (nSPS) is 57.1. The van der Waals surface area contributed by atoms with E-state index in [1.807, 2.05) is 6.08 Å². The van der Waals surface area contributed by atoms with Gasteiger partial charge in [0.1, 0.15) is 5.78 Å². The van der Waals surface area contributed by atoms with Gasteiger partial charge in [-0.15, -0.1) is 0 Å². The fourth-order valence-corrected chi connectivity index (χ4v) is 7.36. The third-order valence-electron chi connectivity index (χ3n) is 8.35. The summed E-state index contributed by atoms with van der Waals surface area (Å²) in [5.74, 6) is 2.76. The van der Waals surface area contributed by atoms with Crippen molar-refractivity contribution in [1.29, 1.82) is 0 Å². The number of carbonyl (C=O) groups is 2. The van der Waals surface area contributed by atoms with Gasteiger partial charge in [0.25, 0.3) is 0 Å². The zero-order chi connectivity index (χ0) is 16.1. The molecular weight excluding hydrogens is 288 g/mol. The molecule has 5 aliphatic carbocycles. The van der Waals surface area contributed by atoms with Crippen molar-refractivity contribution < 1.29 is 14.7 Å². The van der Waals surface area contributed by atoms with Gasteiger partial charge in [-0.2, -0.15) is 0 Å². The van der Waals surface area contributed by atoms with Crippen LogP contribution in [0.5, 0.6) is 0 Å². The Morgan fingerprint density at radius 2 is 1.87 bits per heavy atom. The Bertz CT molecular complexity index is 649. The van der Waals surface area contributed by atoms with Crippen molar-refractivity contribution in [2.45, 2.75) is 58.5 Å². The lowest BCUT2D eigenvalue weighted by Crippen LogP contribution is -2.57. The molecule has 0 saturated heterocycles. The lowest BCUT2D eigenvalue weighted by atomic mass is 9.46. The highest BCUT2D eigenvalue weighted by molar-refractivity contribution is 5.93. The molecule has 0 aromatic heterocycles. The average Bonchev–Trinajstić information content (AvgIpc) is 3.22. The summed E-state index contributed by atoms with van der Waals surface area (Å²) in [5.41, 5.74) is 0.957. The molecule has 5 rings (SSSR count). The summed E-state index contributed by atoms with van der Waals surface area (Å²) >= 11 is 0. The zero-order valence-corrected chi connectivity index (χ0v) is 14.0. The highest BCUT2D eigenvalue weighted by atomic mass is 16.3. The summed E-state index contributed by atoms with van der Waals surface area (Å²) in [4.78, 5) is 24.6. The molecule has 4 saturated carbocycles. The highest BCUT2D eigenvalue weighted by Gasteiger charge is 2.71. The molecule has 3 heteroatoms. The fourth-order valence-electron chi connectivity index (χ4n) is 7.36. The van der Waals surface area contributed by atoms with Crippen molar-refractivity contribution in [2.24, 2.45) is 40.4 Å². The lowest BCUT2D eigenvalue weighted by Gasteiger charge is -2.59. The van der Waals surface area contributed by atoms with E-state index >= 15 is 0 Å². The van der Waals surface area contributed by atoms with E-state index in [9.17, 15) is 14.7 Å². The Balaban J connectivity index is 1.59. The smallest absolute Gasteiger partial charge is 0.155 e. The van der Waals surface area contributed by atoms with Gasteiger partial charge in [0.15, 0.2) is 5.78 Å². The second-order valence-electron chi connectivity index (χ2n) is 9.37. The molecule has 0 aliphatic heterocycles.